The molecule has 0 saturated carbocycles. The number of aromatic nitrogens is 4. The fourth-order valence-corrected chi connectivity index (χ4v) is 3.04. The van der Waals surface area contributed by atoms with E-state index in [9.17, 15) is 4.79 Å². The van der Waals surface area contributed by atoms with Gasteiger partial charge in [-0.2, -0.15) is 5.10 Å². The Morgan fingerprint density at radius 2 is 2.05 bits per heavy atom. The summed E-state index contributed by atoms with van der Waals surface area (Å²) in [6, 6.07) is 3.28. The van der Waals surface area contributed by atoms with Gasteiger partial charge < -0.3 is 5.32 Å². The minimum atomic E-state index is -0.362. The summed E-state index contributed by atoms with van der Waals surface area (Å²) in [6.45, 7) is 0. The number of carbonyl (C=O) groups is 1. The first-order chi connectivity index (χ1) is 10.1. The lowest BCUT2D eigenvalue weighted by Gasteiger charge is -2.04. The maximum absolute atomic E-state index is 12.0. The van der Waals surface area contributed by atoms with Crippen molar-refractivity contribution >= 4 is 46.1 Å². The van der Waals surface area contributed by atoms with Crippen LogP contribution in [-0.2, 0) is 0 Å². The van der Waals surface area contributed by atoms with E-state index in [-0.39, 0.29) is 5.91 Å². The maximum Gasteiger partial charge on any atom is 0.258 e. The summed E-state index contributed by atoms with van der Waals surface area (Å²) in [5.41, 5.74) is 0.775. The summed E-state index contributed by atoms with van der Waals surface area (Å²) in [5, 5.41) is 6.67. The number of hydrogen-bond donors (Lipinski definition) is 1. The number of hydrogen-bond acceptors (Lipinski definition) is 5. The summed E-state index contributed by atoms with van der Waals surface area (Å²) in [4.78, 5) is 20.3. The molecule has 3 heterocycles. The Balaban J connectivity index is 1.76. The van der Waals surface area contributed by atoms with E-state index in [4.69, 9.17) is 23.2 Å². The monoisotopic (exact) mass is 339 g/mol. The number of nitrogens with one attached hydrogen (secondary N) is 1. The zero-order chi connectivity index (χ0) is 14.8. The predicted octanol–water partition coefficient (Wildman–Crippen LogP) is 3.28. The molecule has 0 atom stereocenters. The van der Waals surface area contributed by atoms with E-state index in [0.717, 1.165) is 11.3 Å². The SMILES string of the molecule is O=C(Nc1cnc(-n2cccn2)nc1)c1cc(Cl)sc1Cl. The molecular weight excluding hydrogens is 333 g/mol. The molecule has 1 N–H and O–H groups in total. The van der Waals surface area contributed by atoms with Crippen LogP contribution in [-0.4, -0.2) is 25.7 Å². The number of thiophene rings is 1. The third-order valence-electron chi connectivity index (χ3n) is 2.51. The Bertz CT molecular complexity index is 770. The molecule has 0 aliphatic carbocycles. The van der Waals surface area contributed by atoms with Crippen molar-refractivity contribution < 1.29 is 4.79 Å². The zero-order valence-corrected chi connectivity index (χ0v) is 12.7. The quantitative estimate of drug-likeness (QED) is 0.794. The Morgan fingerprint density at radius 3 is 2.62 bits per heavy atom. The number of carbonyl (C=O) groups excluding carboxylic acids is 1. The molecule has 1 amide bonds. The molecule has 9 heteroatoms. The maximum atomic E-state index is 12.0. The van der Waals surface area contributed by atoms with Gasteiger partial charge in [0.1, 0.15) is 4.34 Å². The summed E-state index contributed by atoms with van der Waals surface area (Å²) >= 11 is 12.9. The molecule has 106 valence electrons. The van der Waals surface area contributed by atoms with E-state index in [1.807, 2.05) is 0 Å². The number of halogens is 2. The Kier molecular flexibility index (Phi) is 3.87. The Morgan fingerprint density at radius 1 is 1.29 bits per heavy atom. The van der Waals surface area contributed by atoms with Gasteiger partial charge >= 0.3 is 0 Å². The highest BCUT2D eigenvalue weighted by Crippen LogP contribution is 2.31. The van der Waals surface area contributed by atoms with Crippen molar-refractivity contribution in [1.29, 1.82) is 0 Å². The summed E-state index contributed by atoms with van der Waals surface area (Å²) in [5.74, 6) is 0.0493. The first kappa shape index (κ1) is 14.0. The molecule has 21 heavy (non-hydrogen) atoms. The van der Waals surface area contributed by atoms with Crippen LogP contribution in [0.5, 0.6) is 0 Å². The highest BCUT2D eigenvalue weighted by molar-refractivity contribution is 7.20. The van der Waals surface area contributed by atoms with Gasteiger partial charge in [0, 0.05) is 12.4 Å². The van der Waals surface area contributed by atoms with Crippen molar-refractivity contribution in [1.82, 2.24) is 19.7 Å². The van der Waals surface area contributed by atoms with Crippen molar-refractivity contribution in [2.24, 2.45) is 0 Å². The van der Waals surface area contributed by atoms with Crippen molar-refractivity contribution in [3.05, 3.63) is 51.2 Å². The van der Waals surface area contributed by atoms with Gasteiger partial charge in [-0.3, -0.25) is 4.79 Å². The van der Waals surface area contributed by atoms with Gasteiger partial charge in [0.25, 0.3) is 11.9 Å². The third-order valence-corrected chi connectivity index (χ3v) is 3.99. The topological polar surface area (TPSA) is 72.7 Å². The second kappa shape index (κ2) is 5.80. The number of anilines is 1. The summed E-state index contributed by atoms with van der Waals surface area (Å²) in [7, 11) is 0. The number of amides is 1. The highest BCUT2D eigenvalue weighted by atomic mass is 35.5. The van der Waals surface area contributed by atoms with Crippen molar-refractivity contribution in [3.8, 4) is 5.95 Å². The van der Waals surface area contributed by atoms with Crippen LogP contribution in [0.1, 0.15) is 10.4 Å². The molecule has 3 aromatic rings. The molecule has 3 aromatic heterocycles. The van der Waals surface area contributed by atoms with Gasteiger partial charge in [0.15, 0.2) is 0 Å². The van der Waals surface area contributed by atoms with Crippen LogP contribution in [0.15, 0.2) is 36.9 Å². The fraction of sp³-hybridized carbons (Fsp3) is 0. The molecule has 0 spiro atoms. The van der Waals surface area contributed by atoms with E-state index in [2.05, 4.69) is 20.4 Å². The van der Waals surface area contributed by atoms with Gasteiger partial charge in [0.05, 0.1) is 28.0 Å². The molecule has 0 saturated heterocycles. The smallest absolute Gasteiger partial charge is 0.258 e. The van der Waals surface area contributed by atoms with Crippen LogP contribution in [0, 0.1) is 0 Å². The third kappa shape index (κ3) is 3.05. The highest BCUT2D eigenvalue weighted by Gasteiger charge is 2.14. The molecule has 0 fully saturated rings. The van der Waals surface area contributed by atoms with Gasteiger partial charge in [-0.15, -0.1) is 11.3 Å². The van der Waals surface area contributed by atoms with Crippen molar-refractivity contribution in [2.45, 2.75) is 0 Å². The predicted molar refractivity (Wildman–Crippen MR) is 81.4 cm³/mol. The molecular formula is C12H7Cl2N5OS. The lowest BCUT2D eigenvalue weighted by Crippen LogP contribution is -2.12. The minimum absolute atomic E-state index is 0.322. The zero-order valence-electron chi connectivity index (χ0n) is 10.3. The standard InChI is InChI=1S/C12H7Cl2N5OS/c13-9-4-8(10(14)21-9)11(20)18-7-5-15-12(16-6-7)19-3-1-2-17-19/h1-6H,(H,18,20). The minimum Gasteiger partial charge on any atom is -0.319 e. The van der Waals surface area contributed by atoms with E-state index in [1.54, 1.807) is 18.5 Å². The van der Waals surface area contributed by atoms with E-state index < -0.39 is 0 Å². The normalized spacial score (nSPS) is 10.6. The van der Waals surface area contributed by atoms with Gasteiger partial charge in [-0.1, -0.05) is 23.2 Å². The Hall–Kier alpha value is -1.96. The molecule has 6 nitrogen and oxygen atoms in total. The Labute approximate surface area is 133 Å². The van der Waals surface area contributed by atoms with E-state index >= 15 is 0 Å². The van der Waals surface area contributed by atoms with Gasteiger partial charge in [0.2, 0.25) is 0 Å². The van der Waals surface area contributed by atoms with Gasteiger partial charge in [-0.05, 0) is 12.1 Å². The molecule has 3 rings (SSSR count). The summed E-state index contributed by atoms with van der Waals surface area (Å²) < 4.78 is 2.31. The van der Waals surface area contributed by atoms with Crippen LogP contribution in [0.3, 0.4) is 0 Å². The number of nitrogens with zero attached hydrogens (tertiary/aromatic N) is 4. The molecule has 0 unspecified atom stereocenters. The molecule has 0 radical (unpaired) electrons. The van der Waals surface area contributed by atoms with Crippen molar-refractivity contribution in [3.63, 3.8) is 0 Å². The molecule has 0 bridgehead atoms. The van der Waals surface area contributed by atoms with Crippen molar-refractivity contribution in [2.75, 3.05) is 5.32 Å². The average molecular weight is 340 g/mol. The van der Waals surface area contributed by atoms with Gasteiger partial charge in [-0.25, -0.2) is 14.6 Å². The lowest BCUT2D eigenvalue weighted by molar-refractivity contribution is 0.102. The van der Waals surface area contributed by atoms with Crippen LogP contribution >= 0.6 is 34.5 Å². The molecule has 0 aliphatic heterocycles. The second-order valence-corrected chi connectivity index (χ2v) is 6.20. The van der Waals surface area contributed by atoms with Crippen LogP contribution in [0.25, 0.3) is 5.95 Å². The van der Waals surface area contributed by atoms with E-state index in [0.29, 0.717) is 25.9 Å². The molecule has 0 aliphatic rings. The second-order valence-electron chi connectivity index (χ2n) is 3.91. The average Bonchev–Trinajstić information content (AvgIpc) is 3.09. The van der Waals surface area contributed by atoms with E-state index in [1.165, 1.54) is 23.1 Å². The van der Waals surface area contributed by atoms with Crippen LogP contribution in [0.4, 0.5) is 5.69 Å². The van der Waals surface area contributed by atoms with Crippen LogP contribution < -0.4 is 5.32 Å². The summed E-state index contributed by atoms with van der Waals surface area (Å²) in [6.07, 6.45) is 6.33. The van der Waals surface area contributed by atoms with Crippen LogP contribution in [0.2, 0.25) is 8.67 Å². The molecule has 0 aromatic carbocycles. The first-order valence-electron chi connectivity index (χ1n) is 5.72. The lowest BCUT2D eigenvalue weighted by atomic mass is 10.3. The fourth-order valence-electron chi connectivity index (χ4n) is 1.58. The first-order valence-corrected chi connectivity index (χ1v) is 7.29. The number of rotatable bonds is 3. The largest absolute Gasteiger partial charge is 0.319 e.